The summed E-state index contributed by atoms with van der Waals surface area (Å²) in [7, 11) is 0. The van der Waals surface area contributed by atoms with Gasteiger partial charge in [-0.15, -0.1) is 0 Å². The quantitative estimate of drug-likeness (QED) is 0.698. The lowest BCUT2D eigenvalue weighted by Crippen LogP contribution is -2.06. The third kappa shape index (κ3) is 2.02. The molecule has 0 saturated carbocycles. The molecule has 1 aromatic heterocycles. The lowest BCUT2D eigenvalue weighted by Gasteiger charge is -2.12. The largest absolute Gasteiger partial charge is 0.387 e. The maximum Gasteiger partial charge on any atom is 0.0982 e. The average Bonchev–Trinajstić information content (AvgIpc) is 2.05. The predicted molar refractivity (Wildman–Crippen MR) is 44.0 cm³/mol. The first-order valence-electron chi connectivity index (χ1n) is 3.81. The van der Waals surface area contributed by atoms with E-state index in [2.05, 4.69) is 4.98 Å². The van der Waals surface area contributed by atoms with Crippen LogP contribution >= 0.6 is 0 Å². The maximum absolute atomic E-state index is 9.54. The summed E-state index contributed by atoms with van der Waals surface area (Å²) in [6.07, 6.45) is 1.26. The van der Waals surface area contributed by atoms with Crippen molar-refractivity contribution in [2.75, 3.05) is 0 Å². The molecule has 0 saturated heterocycles. The van der Waals surface area contributed by atoms with E-state index in [9.17, 15) is 5.11 Å². The molecule has 0 aliphatic heterocycles. The standard InChI is InChI=1S/C9H13NO/c1-7(2)9(11)8-5-3-4-6-10-8/h3-7,9,11H,1-2H3/t9-/m0/s1. The van der Waals surface area contributed by atoms with E-state index in [0.29, 0.717) is 0 Å². The summed E-state index contributed by atoms with van der Waals surface area (Å²) in [4.78, 5) is 4.05. The number of rotatable bonds is 2. The summed E-state index contributed by atoms with van der Waals surface area (Å²) in [6, 6.07) is 5.56. The van der Waals surface area contributed by atoms with E-state index >= 15 is 0 Å². The number of hydrogen-bond acceptors (Lipinski definition) is 2. The van der Waals surface area contributed by atoms with Gasteiger partial charge in [-0.25, -0.2) is 0 Å². The Bertz CT molecular complexity index is 208. The van der Waals surface area contributed by atoms with Crippen molar-refractivity contribution < 1.29 is 5.11 Å². The van der Waals surface area contributed by atoms with Crippen LogP contribution in [0.2, 0.25) is 0 Å². The molecule has 1 N–H and O–H groups in total. The molecule has 0 amide bonds. The molecule has 0 aromatic carbocycles. The second-order valence-corrected chi connectivity index (χ2v) is 2.94. The van der Waals surface area contributed by atoms with Crippen molar-refractivity contribution in [3.63, 3.8) is 0 Å². The van der Waals surface area contributed by atoms with E-state index in [1.165, 1.54) is 0 Å². The Balaban J connectivity index is 2.77. The van der Waals surface area contributed by atoms with Crippen LogP contribution < -0.4 is 0 Å². The fraction of sp³-hybridized carbons (Fsp3) is 0.444. The van der Waals surface area contributed by atoms with Gasteiger partial charge in [-0.05, 0) is 18.1 Å². The highest BCUT2D eigenvalue weighted by Gasteiger charge is 2.11. The van der Waals surface area contributed by atoms with Gasteiger partial charge < -0.3 is 5.11 Å². The third-order valence-electron chi connectivity index (χ3n) is 1.62. The van der Waals surface area contributed by atoms with Crippen LogP contribution in [-0.4, -0.2) is 10.1 Å². The Kier molecular flexibility index (Phi) is 2.60. The normalized spacial score (nSPS) is 13.5. The molecule has 1 rings (SSSR count). The van der Waals surface area contributed by atoms with Gasteiger partial charge in [0.25, 0.3) is 0 Å². The number of hydrogen-bond donors (Lipinski definition) is 1. The minimum Gasteiger partial charge on any atom is -0.387 e. The van der Waals surface area contributed by atoms with Crippen LogP contribution in [0.15, 0.2) is 24.4 Å². The molecular weight excluding hydrogens is 138 g/mol. The van der Waals surface area contributed by atoms with Crippen LogP contribution in [0.3, 0.4) is 0 Å². The third-order valence-corrected chi connectivity index (χ3v) is 1.62. The molecule has 0 spiro atoms. The Morgan fingerprint density at radius 1 is 1.36 bits per heavy atom. The molecule has 1 heterocycles. The second kappa shape index (κ2) is 3.49. The number of aliphatic hydroxyl groups excluding tert-OH is 1. The summed E-state index contributed by atoms with van der Waals surface area (Å²) in [5.74, 6) is 0.227. The van der Waals surface area contributed by atoms with Gasteiger partial charge in [0, 0.05) is 6.20 Å². The molecule has 0 aliphatic carbocycles. The number of aromatic nitrogens is 1. The second-order valence-electron chi connectivity index (χ2n) is 2.94. The molecule has 60 valence electrons. The number of nitrogens with zero attached hydrogens (tertiary/aromatic N) is 1. The SMILES string of the molecule is CC(C)[C@H](O)c1ccccn1. The Morgan fingerprint density at radius 2 is 2.09 bits per heavy atom. The number of pyridine rings is 1. The topological polar surface area (TPSA) is 33.1 Å². The minimum atomic E-state index is -0.434. The van der Waals surface area contributed by atoms with Gasteiger partial charge in [0.2, 0.25) is 0 Å². The lowest BCUT2D eigenvalue weighted by atomic mass is 10.0. The highest BCUT2D eigenvalue weighted by molar-refractivity contribution is 5.06. The van der Waals surface area contributed by atoms with Crippen molar-refractivity contribution >= 4 is 0 Å². The first-order valence-corrected chi connectivity index (χ1v) is 3.81. The molecule has 0 aliphatic rings. The molecule has 0 radical (unpaired) electrons. The molecule has 0 fully saturated rings. The Morgan fingerprint density at radius 3 is 2.55 bits per heavy atom. The van der Waals surface area contributed by atoms with E-state index in [0.717, 1.165) is 5.69 Å². The van der Waals surface area contributed by atoms with Gasteiger partial charge in [-0.2, -0.15) is 0 Å². The van der Waals surface area contributed by atoms with Crippen molar-refractivity contribution in [2.45, 2.75) is 20.0 Å². The zero-order valence-electron chi connectivity index (χ0n) is 6.86. The van der Waals surface area contributed by atoms with Gasteiger partial charge in [0.1, 0.15) is 0 Å². The lowest BCUT2D eigenvalue weighted by molar-refractivity contribution is 0.122. The van der Waals surface area contributed by atoms with Gasteiger partial charge >= 0.3 is 0 Å². The first kappa shape index (κ1) is 8.21. The van der Waals surface area contributed by atoms with Crippen molar-refractivity contribution in [1.82, 2.24) is 4.98 Å². The van der Waals surface area contributed by atoms with Crippen LogP contribution in [-0.2, 0) is 0 Å². The molecular formula is C9H13NO. The molecule has 0 bridgehead atoms. The Hall–Kier alpha value is -0.890. The molecule has 11 heavy (non-hydrogen) atoms. The average molecular weight is 151 g/mol. The van der Waals surface area contributed by atoms with Crippen molar-refractivity contribution in [2.24, 2.45) is 5.92 Å². The first-order chi connectivity index (χ1) is 5.22. The van der Waals surface area contributed by atoms with Crippen LogP contribution in [0.5, 0.6) is 0 Å². The van der Waals surface area contributed by atoms with Crippen LogP contribution in [0.25, 0.3) is 0 Å². The van der Waals surface area contributed by atoms with Crippen LogP contribution in [0.4, 0.5) is 0 Å². The van der Waals surface area contributed by atoms with Crippen LogP contribution in [0.1, 0.15) is 25.6 Å². The molecule has 1 atom stereocenters. The number of aliphatic hydroxyl groups is 1. The van der Waals surface area contributed by atoms with E-state index in [4.69, 9.17) is 0 Å². The van der Waals surface area contributed by atoms with Crippen molar-refractivity contribution in [3.05, 3.63) is 30.1 Å². The van der Waals surface area contributed by atoms with Crippen molar-refractivity contribution in [1.29, 1.82) is 0 Å². The van der Waals surface area contributed by atoms with E-state index < -0.39 is 6.10 Å². The monoisotopic (exact) mass is 151 g/mol. The van der Waals surface area contributed by atoms with Crippen LogP contribution in [0, 0.1) is 5.92 Å². The molecule has 2 heteroatoms. The van der Waals surface area contributed by atoms with Crippen molar-refractivity contribution in [3.8, 4) is 0 Å². The van der Waals surface area contributed by atoms with Gasteiger partial charge in [-0.3, -0.25) is 4.98 Å². The Labute approximate surface area is 66.9 Å². The molecule has 2 nitrogen and oxygen atoms in total. The highest BCUT2D eigenvalue weighted by Crippen LogP contribution is 2.17. The zero-order valence-corrected chi connectivity index (χ0v) is 6.86. The van der Waals surface area contributed by atoms with E-state index in [1.54, 1.807) is 6.20 Å². The van der Waals surface area contributed by atoms with Gasteiger partial charge in [-0.1, -0.05) is 19.9 Å². The summed E-state index contributed by atoms with van der Waals surface area (Å²) in [5.41, 5.74) is 0.752. The van der Waals surface area contributed by atoms with E-state index in [-0.39, 0.29) is 5.92 Å². The summed E-state index contributed by atoms with van der Waals surface area (Å²) in [5, 5.41) is 9.54. The molecule has 1 aromatic rings. The van der Waals surface area contributed by atoms with E-state index in [1.807, 2.05) is 32.0 Å². The smallest absolute Gasteiger partial charge is 0.0982 e. The summed E-state index contributed by atoms with van der Waals surface area (Å²) < 4.78 is 0. The fourth-order valence-corrected chi connectivity index (χ4v) is 0.892. The molecule has 0 unspecified atom stereocenters. The predicted octanol–water partition coefficient (Wildman–Crippen LogP) is 1.77. The fourth-order valence-electron chi connectivity index (χ4n) is 0.892. The zero-order chi connectivity index (χ0) is 8.27. The highest BCUT2D eigenvalue weighted by atomic mass is 16.3. The minimum absolute atomic E-state index is 0.227. The maximum atomic E-state index is 9.54. The van der Waals surface area contributed by atoms with Gasteiger partial charge in [0.05, 0.1) is 11.8 Å². The van der Waals surface area contributed by atoms with Gasteiger partial charge in [0.15, 0.2) is 0 Å². The summed E-state index contributed by atoms with van der Waals surface area (Å²) >= 11 is 0. The summed E-state index contributed by atoms with van der Waals surface area (Å²) in [6.45, 7) is 3.94.